The number of carbonyl (C=O) groups is 4. The third-order valence-corrected chi connectivity index (χ3v) is 3.66. The van der Waals surface area contributed by atoms with Crippen molar-refractivity contribution >= 4 is 29.4 Å². The standard InChI is InChI=1S/C16H19N3O5/c1-9(2)14(16(23)24)17-15(22)10-3-5-11(6-4-10)19-13(21)8-7-12(20)18-19/h3-6,9,14H,7-8H2,1-2H3,(H,17,22)(H,18,20)(H,23,24)/t14-/m0/s1. The van der Waals surface area contributed by atoms with Crippen molar-refractivity contribution in [3.63, 3.8) is 0 Å². The van der Waals surface area contributed by atoms with Crippen LogP contribution in [-0.2, 0) is 14.4 Å². The van der Waals surface area contributed by atoms with Gasteiger partial charge < -0.3 is 10.4 Å². The smallest absolute Gasteiger partial charge is 0.326 e. The van der Waals surface area contributed by atoms with Crippen molar-refractivity contribution in [3.05, 3.63) is 29.8 Å². The number of carboxylic acid groups (broad SMARTS) is 1. The van der Waals surface area contributed by atoms with Crippen molar-refractivity contribution < 1.29 is 24.3 Å². The van der Waals surface area contributed by atoms with Gasteiger partial charge in [0.25, 0.3) is 5.91 Å². The number of rotatable bonds is 5. The van der Waals surface area contributed by atoms with E-state index < -0.39 is 17.9 Å². The number of amides is 3. The van der Waals surface area contributed by atoms with Crippen LogP contribution >= 0.6 is 0 Å². The van der Waals surface area contributed by atoms with E-state index in [1.165, 1.54) is 24.3 Å². The lowest BCUT2D eigenvalue weighted by molar-refractivity contribution is -0.140. The van der Waals surface area contributed by atoms with Crippen LogP contribution < -0.4 is 15.8 Å². The van der Waals surface area contributed by atoms with E-state index in [0.29, 0.717) is 5.69 Å². The van der Waals surface area contributed by atoms with Gasteiger partial charge in [-0.05, 0) is 30.2 Å². The first-order valence-corrected chi connectivity index (χ1v) is 7.55. The molecule has 128 valence electrons. The summed E-state index contributed by atoms with van der Waals surface area (Å²) in [7, 11) is 0. The molecule has 0 spiro atoms. The lowest BCUT2D eigenvalue weighted by Gasteiger charge is -2.27. The number of nitrogens with zero attached hydrogens (tertiary/aromatic N) is 1. The molecule has 1 fully saturated rings. The number of carboxylic acids is 1. The third kappa shape index (κ3) is 3.89. The van der Waals surface area contributed by atoms with Gasteiger partial charge in [-0.15, -0.1) is 0 Å². The Balaban J connectivity index is 2.11. The summed E-state index contributed by atoms with van der Waals surface area (Å²) in [6.45, 7) is 3.40. The number of benzene rings is 1. The molecule has 0 aliphatic carbocycles. The molecule has 8 heteroatoms. The van der Waals surface area contributed by atoms with E-state index in [-0.39, 0.29) is 36.1 Å². The number of hydrazine groups is 1. The molecule has 2 rings (SSSR count). The molecule has 8 nitrogen and oxygen atoms in total. The Morgan fingerprint density at radius 1 is 1.17 bits per heavy atom. The summed E-state index contributed by atoms with van der Waals surface area (Å²) in [5.41, 5.74) is 3.16. The summed E-state index contributed by atoms with van der Waals surface area (Å²) >= 11 is 0. The highest BCUT2D eigenvalue weighted by molar-refractivity contribution is 6.02. The second-order valence-corrected chi connectivity index (χ2v) is 5.84. The summed E-state index contributed by atoms with van der Waals surface area (Å²) in [6, 6.07) is 4.99. The van der Waals surface area contributed by atoms with Gasteiger partial charge in [-0.25, -0.2) is 9.80 Å². The zero-order valence-corrected chi connectivity index (χ0v) is 13.4. The first-order chi connectivity index (χ1) is 11.3. The number of hydrogen-bond donors (Lipinski definition) is 3. The molecule has 3 amide bonds. The molecular formula is C16H19N3O5. The van der Waals surface area contributed by atoms with Gasteiger partial charge in [0.1, 0.15) is 6.04 Å². The van der Waals surface area contributed by atoms with E-state index in [1.807, 2.05) is 0 Å². The lowest BCUT2D eigenvalue weighted by atomic mass is 10.0. The van der Waals surface area contributed by atoms with Gasteiger partial charge in [0, 0.05) is 18.4 Å². The molecule has 0 radical (unpaired) electrons. The molecule has 1 aliphatic heterocycles. The predicted molar refractivity (Wildman–Crippen MR) is 85.0 cm³/mol. The average molecular weight is 333 g/mol. The number of carbonyl (C=O) groups excluding carboxylic acids is 3. The quantitative estimate of drug-likeness (QED) is 0.733. The van der Waals surface area contributed by atoms with E-state index in [4.69, 9.17) is 5.11 Å². The average Bonchev–Trinajstić information content (AvgIpc) is 2.54. The molecule has 1 aliphatic rings. The van der Waals surface area contributed by atoms with Crippen molar-refractivity contribution in [2.24, 2.45) is 5.92 Å². The molecule has 0 aromatic heterocycles. The first kappa shape index (κ1) is 17.5. The maximum atomic E-state index is 12.1. The molecule has 1 atom stereocenters. The molecule has 1 saturated heterocycles. The van der Waals surface area contributed by atoms with Crippen LogP contribution in [0.4, 0.5) is 5.69 Å². The minimum absolute atomic E-state index is 0.128. The molecule has 1 aromatic rings. The Kier molecular flexibility index (Phi) is 5.18. The van der Waals surface area contributed by atoms with Gasteiger partial charge >= 0.3 is 5.97 Å². The number of aliphatic carboxylic acids is 1. The van der Waals surface area contributed by atoms with Gasteiger partial charge in [-0.1, -0.05) is 13.8 Å². The first-order valence-electron chi connectivity index (χ1n) is 7.55. The number of anilines is 1. The van der Waals surface area contributed by atoms with Crippen LogP contribution in [0.2, 0.25) is 0 Å². The fourth-order valence-electron chi connectivity index (χ4n) is 2.28. The van der Waals surface area contributed by atoms with Crippen molar-refractivity contribution in [1.82, 2.24) is 10.7 Å². The summed E-state index contributed by atoms with van der Waals surface area (Å²) in [5, 5.41) is 12.7. The topological polar surface area (TPSA) is 116 Å². The van der Waals surface area contributed by atoms with Gasteiger partial charge in [0.15, 0.2) is 0 Å². The molecule has 1 heterocycles. The Bertz CT molecular complexity index is 669. The van der Waals surface area contributed by atoms with Gasteiger partial charge in [-0.2, -0.15) is 0 Å². The van der Waals surface area contributed by atoms with Gasteiger partial charge in [0.05, 0.1) is 5.69 Å². The molecule has 3 N–H and O–H groups in total. The van der Waals surface area contributed by atoms with Crippen LogP contribution in [0.25, 0.3) is 0 Å². The highest BCUT2D eigenvalue weighted by Crippen LogP contribution is 2.18. The van der Waals surface area contributed by atoms with E-state index in [0.717, 1.165) is 5.01 Å². The van der Waals surface area contributed by atoms with Crippen LogP contribution in [0.1, 0.15) is 37.0 Å². The summed E-state index contributed by atoms with van der Waals surface area (Å²) in [4.78, 5) is 46.5. The highest BCUT2D eigenvalue weighted by Gasteiger charge is 2.26. The number of nitrogens with one attached hydrogen (secondary N) is 2. The minimum atomic E-state index is -1.10. The number of hydrogen-bond acceptors (Lipinski definition) is 4. The molecule has 0 unspecified atom stereocenters. The highest BCUT2D eigenvalue weighted by atomic mass is 16.4. The minimum Gasteiger partial charge on any atom is -0.480 e. The van der Waals surface area contributed by atoms with Crippen LogP contribution in [-0.4, -0.2) is 34.8 Å². The van der Waals surface area contributed by atoms with Crippen LogP contribution in [0.15, 0.2) is 24.3 Å². The second kappa shape index (κ2) is 7.12. The van der Waals surface area contributed by atoms with Crippen LogP contribution in [0.3, 0.4) is 0 Å². The van der Waals surface area contributed by atoms with E-state index >= 15 is 0 Å². The summed E-state index contributed by atoms with van der Waals surface area (Å²) in [5.74, 6) is -2.37. The van der Waals surface area contributed by atoms with E-state index in [9.17, 15) is 19.2 Å². The molecule has 1 aromatic carbocycles. The molecule has 24 heavy (non-hydrogen) atoms. The van der Waals surface area contributed by atoms with Crippen LogP contribution in [0, 0.1) is 5.92 Å². The Morgan fingerprint density at radius 2 is 1.79 bits per heavy atom. The van der Waals surface area contributed by atoms with Crippen molar-refractivity contribution in [2.45, 2.75) is 32.7 Å². The molecule has 0 bridgehead atoms. The Labute approximate surface area is 138 Å². The maximum absolute atomic E-state index is 12.1. The van der Waals surface area contributed by atoms with Crippen molar-refractivity contribution in [1.29, 1.82) is 0 Å². The zero-order valence-electron chi connectivity index (χ0n) is 13.4. The second-order valence-electron chi connectivity index (χ2n) is 5.84. The normalized spacial score (nSPS) is 15.9. The predicted octanol–water partition coefficient (Wildman–Crippen LogP) is 0.684. The summed E-state index contributed by atoms with van der Waals surface area (Å²) in [6.07, 6.45) is 0.282. The Hall–Kier alpha value is -2.90. The third-order valence-electron chi connectivity index (χ3n) is 3.66. The fraction of sp³-hybridized carbons (Fsp3) is 0.375. The van der Waals surface area contributed by atoms with E-state index in [2.05, 4.69) is 10.7 Å². The van der Waals surface area contributed by atoms with E-state index in [1.54, 1.807) is 13.8 Å². The van der Waals surface area contributed by atoms with Crippen molar-refractivity contribution in [3.8, 4) is 0 Å². The Morgan fingerprint density at radius 3 is 2.33 bits per heavy atom. The zero-order chi connectivity index (χ0) is 17.9. The maximum Gasteiger partial charge on any atom is 0.326 e. The van der Waals surface area contributed by atoms with Gasteiger partial charge in [-0.3, -0.25) is 19.8 Å². The van der Waals surface area contributed by atoms with Crippen LogP contribution in [0.5, 0.6) is 0 Å². The molecule has 0 saturated carbocycles. The largest absolute Gasteiger partial charge is 0.480 e. The monoisotopic (exact) mass is 333 g/mol. The molecular weight excluding hydrogens is 314 g/mol. The fourth-order valence-corrected chi connectivity index (χ4v) is 2.28. The van der Waals surface area contributed by atoms with Gasteiger partial charge in [0.2, 0.25) is 11.8 Å². The lowest BCUT2D eigenvalue weighted by Crippen LogP contribution is -2.50. The summed E-state index contributed by atoms with van der Waals surface area (Å²) < 4.78 is 0. The van der Waals surface area contributed by atoms with Crippen molar-refractivity contribution in [2.75, 3.05) is 5.01 Å². The SMILES string of the molecule is CC(C)[C@H](NC(=O)c1ccc(N2NC(=O)CCC2=O)cc1)C(=O)O.